The summed E-state index contributed by atoms with van der Waals surface area (Å²) in [4.78, 5) is 0. The Bertz CT molecular complexity index is 223. The minimum absolute atomic E-state index is 0.255. The first-order chi connectivity index (χ1) is 6.33. The van der Waals surface area contributed by atoms with E-state index in [4.69, 9.17) is 10.5 Å². The van der Waals surface area contributed by atoms with Crippen LogP contribution in [0.2, 0.25) is 0 Å². The maximum Gasteiger partial charge on any atom is 0.0720 e. The lowest BCUT2D eigenvalue weighted by molar-refractivity contribution is 0.0492. The van der Waals surface area contributed by atoms with Gasteiger partial charge in [0.15, 0.2) is 0 Å². The molecule has 1 rings (SSSR count). The maximum absolute atomic E-state index is 5.59. The van der Waals surface area contributed by atoms with Crippen LogP contribution in [0.4, 0.5) is 0 Å². The monoisotopic (exact) mass is 179 g/mol. The van der Waals surface area contributed by atoms with E-state index in [0.717, 1.165) is 6.42 Å². The number of hydrogen-bond donors (Lipinski definition) is 1. The molecule has 0 aromatic heterocycles. The summed E-state index contributed by atoms with van der Waals surface area (Å²) in [6.45, 7) is 3.42. The Labute approximate surface area is 79.7 Å². The number of hydrogen-bond acceptors (Lipinski definition) is 2. The predicted molar refractivity (Wildman–Crippen MR) is 54.4 cm³/mol. The van der Waals surface area contributed by atoms with Gasteiger partial charge in [-0.2, -0.15) is 0 Å². The quantitative estimate of drug-likeness (QED) is 0.749. The molecule has 2 nitrogen and oxygen atoms in total. The summed E-state index contributed by atoms with van der Waals surface area (Å²) in [5.74, 6) is 0. The fraction of sp³-hybridized carbons (Fsp3) is 0.455. The predicted octanol–water partition coefficient (Wildman–Crippen LogP) is 1.94. The van der Waals surface area contributed by atoms with E-state index in [0.29, 0.717) is 13.2 Å². The molecule has 72 valence electrons. The SMILES string of the molecule is C[C@@H](CCN)OCc1ccccc1. The highest BCUT2D eigenvalue weighted by Crippen LogP contribution is 2.04. The van der Waals surface area contributed by atoms with Gasteiger partial charge in [-0.15, -0.1) is 0 Å². The van der Waals surface area contributed by atoms with Gasteiger partial charge in [-0.05, 0) is 25.5 Å². The molecule has 2 heteroatoms. The first-order valence-electron chi connectivity index (χ1n) is 4.68. The smallest absolute Gasteiger partial charge is 0.0720 e. The van der Waals surface area contributed by atoms with Crippen molar-refractivity contribution < 1.29 is 4.74 Å². The van der Waals surface area contributed by atoms with Crippen molar-refractivity contribution >= 4 is 0 Å². The molecule has 0 saturated heterocycles. The zero-order valence-electron chi connectivity index (χ0n) is 8.07. The molecule has 0 amide bonds. The van der Waals surface area contributed by atoms with Crippen LogP contribution in [-0.2, 0) is 11.3 Å². The van der Waals surface area contributed by atoms with E-state index in [1.54, 1.807) is 0 Å². The molecule has 0 aliphatic carbocycles. The highest BCUT2D eigenvalue weighted by molar-refractivity contribution is 5.13. The lowest BCUT2D eigenvalue weighted by atomic mass is 10.2. The summed E-state index contributed by atoms with van der Waals surface area (Å²) in [7, 11) is 0. The summed E-state index contributed by atoms with van der Waals surface area (Å²) in [5.41, 5.74) is 6.63. The summed E-state index contributed by atoms with van der Waals surface area (Å²) in [5, 5.41) is 0. The third kappa shape index (κ3) is 4.06. The summed E-state index contributed by atoms with van der Waals surface area (Å²) >= 11 is 0. The van der Waals surface area contributed by atoms with Gasteiger partial charge in [-0.25, -0.2) is 0 Å². The van der Waals surface area contributed by atoms with Crippen molar-refractivity contribution in [1.29, 1.82) is 0 Å². The van der Waals surface area contributed by atoms with E-state index in [1.165, 1.54) is 5.56 Å². The van der Waals surface area contributed by atoms with Crippen molar-refractivity contribution in [2.75, 3.05) is 6.54 Å². The van der Waals surface area contributed by atoms with E-state index in [-0.39, 0.29) is 6.10 Å². The Hall–Kier alpha value is -0.860. The molecule has 1 aromatic rings. The van der Waals surface area contributed by atoms with Crippen LogP contribution in [0.3, 0.4) is 0 Å². The Morgan fingerprint density at radius 2 is 2.00 bits per heavy atom. The van der Waals surface area contributed by atoms with Crippen LogP contribution in [0.15, 0.2) is 30.3 Å². The normalized spacial score (nSPS) is 12.8. The molecule has 0 heterocycles. The molecule has 0 bridgehead atoms. The molecule has 2 N–H and O–H groups in total. The summed E-state index contributed by atoms with van der Waals surface area (Å²) < 4.78 is 5.59. The zero-order chi connectivity index (χ0) is 9.52. The largest absolute Gasteiger partial charge is 0.374 e. The van der Waals surface area contributed by atoms with Gasteiger partial charge in [0.25, 0.3) is 0 Å². The number of rotatable bonds is 5. The first-order valence-corrected chi connectivity index (χ1v) is 4.68. The summed E-state index contributed by atoms with van der Waals surface area (Å²) in [6.07, 6.45) is 1.18. The van der Waals surface area contributed by atoms with E-state index >= 15 is 0 Å². The van der Waals surface area contributed by atoms with Crippen molar-refractivity contribution in [2.45, 2.75) is 26.1 Å². The molecule has 13 heavy (non-hydrogen) atoms. The number of ether oxygens (including phenoxy) is 1. The van der Waals surface area contributed by atoms with Crippen molar-refractivity contribution in [3.05, 3.63) is 35.9 Å². The van der Waals surface area contributed by atoms with E-state index in [9.17, 15) is 0 Å². The molecular weight excluding hydrogens is 162 g/mol. The lowest BCUT2D eigenvalue weighted by Gasteiger charge is -2.11. The Morgan fingerprint density at radius 3 is 2.62 bits per heavy atom. The molecule has 0 fully saturated rings. The van der Waals surface area contributed by atoms with Crippen LogP contribution in [0.5, 0.6) is 0 Å². The molecule has 0 unspecified atom stereocenters. The van der Waals surface area contributed by atoms with Crippen LogP contribution < -0.4 is 5.73 Å². The third-order valence-corrected chi connectivity index (χ3v) is 1.95. The first kappa shape index (κ1) is 10.2. The fourth-order valence-corrected chi connectivity index (χ4v) is 1.13. The highest BCUT2D eigenvalue weighted by atomic mass is 16.5. The molecule has 0 aliphatic rings. The van der Waals surface area contributed by atoms with Crippen molar-refractivity contribution in [3.63, 3.8) is 0 Å². The van der Waals surface area contributed by atoms with Gasteiger partial charge in [0.1, 0.15) is 0 Å². The van der Waals surface area contributed by atoms with Gasteiger partial charge < -0.3 is 10.5 Å². The van der Waals surface area contributed by atoms with Gasteiger partial charge in [0.2, 0.25) is 0 Å². The fourth-order valence-electron chi connectivity index (χ4n) is 1.13. The van der Waals surface area contributed by atoms with Crippen LogP contribution in [0, 0.1) is 0 Å². The van der Waals surface area contributed by atoms with E-state index in [2.05, 4.69) is 19.1 Å². The average molecular weight is 179 g/mol. The minimum atomic E-state index is 0.255. The van der Waals surface area contributed by atoms with Gasteiger partial charge in [-0.3, -0.25) is 0 Å². The molecular formula is C11H17NO. The van der Waals surface area contributed by atoms with Crippen LogP contribution in [-0.4, -0.2) is 12.6 Å². The Kier molecular flexibility index (Phi) is 4.50. The van der Waals surface area contributed by atoms with Crippen LogP contribution in [0.25, 0.3) is 0 Å². The molecule has 0 aliphatic heterocycles. The third-order valence-electron chi connectivity index (χ3n) is 1.95. The second-order valence-electron chi connectivity index (χ2n) is 3.18. The van der Waals surface area contributed by atoms with Crippen molar-refractivity contribution in [3.8, 4) is 0 Å². The van der Waals surface area contributed by atoms with E-state index < -0.39 is 0 Å². The molecule has 0 saturated carbocycles. The van der Waals surface area contributed by atoms with Gasteiger partial charge in [0.05, 0.1) is 12.7 Å². The molecule has 1 aromatic carbocycles. The number of benzene rings is 1. The molecule has 0 radical (unpaired) electrons. The maximum atomic E-state index is 5.59. The summed E-state index contributed by atoms with van der Waals surface area (Å²) in [6, 6.07) is 10.2. The minimum Gasteiger partial charge on any atom is -0.374 e. The molecule has 1 atom stereocenters. The van der Waals surface area contributed by atoms with Crippen LogP contribution in [0.1, 0.15) is 18.9 Å². The van der Waals surface area contributed by atoms with Crippen molar-refractivity contribution in [1.82, 2.24) is 0 Å². The lowest BCUT2D eigenvalue weighted by Crippen LogP contribution is -2.13. The van der Waals surface area contributed by atoms with Gasteiger partial charge in [-0.1, -0.05) is 30.3 Å². The Balaban J connectivity index is 2.27. The van der Waals surface area contributed by atoms with Gasteiger partial charge >= 0.3 is 0 Å². The number of nitrogens with two attached hydrogens (primary N) is 1. The second kappa shape index (κ2) is 5.73. The van der Waals surface area contributed by atoms with Crippen molar-refractivity contribution in [2.24, 2.45) is 5.73 Å². The highest BCUT2D eigenvalue weighted by Gasteiger charge is 2.00. The average Bonchev–Trinajstić information content (AvgIpc) is 2.17. The Morgan fingerprint density at radius 1 is 1.31 bits per heavy atom. The topological polar surface area (TPSA) is 35.2 Å². The van der Waals surface area contributed by atoms with Crippen LogP contribution >= 0.6 is 0 Å². The standard InChI is InChI=1S/C11H17NO/c1-10(7-8-12)13-9-11-5-3-2-4-6-11/h2-6,10H,7-9,12H2,1H3/t10-/m0/s1. The molecule has 0 spiro atoms. The second-order valence-corrected chi connectivity index (χ2v) is 3.18. The van der Waals surface area contributed by atoms with E-state index in [1.807, 2.05) is 18.2 Å². The zero-order valence-corrected chi connectivity index (χ0v) is 8.07. The van der Waals surface area contributed by atoms with Gasteiger partial charge in [0, 0.05) is 0 Å².